The van der Waals surface area contributed by atoms with Crippen LogP contribution in [0.4, 0.5) is 0 Å². The van der Waals surface area contributed by atoms with Crippen LogP contribution in [0, 0.1) is 0 Å². The molecule has 0 spiro atoms. The molecule has 0 aromatic heterocycles. The highest BCUT2D eigenvalue weighted by molar-refractivity contribution is 6.04. The second kappa shape index (κ2) is 6.46. The van der Waals surface area contributed by atoms with E-state index in [0.29, 0.717) is 5.56 Å². The average Bonchev–Trinajstić information content (AvgIpc) is 2.53. The van der Waals surface area contributed by atoms with Crippen LogP contribution in [-0.2, 0) is 9.47 Å². The van der Waals surface area contributed by atoms with Gasteiger partial charge < -0.3 is 9.47 Å². The van der Waals surface area contributed by atoms with E-state index in [2.05, 4.69) is 0 Å². The molecule has 1 aliphatic rings. The average molecular weight is 270 g/mol. The monoisotopic (exact) mass is 270 g/mol. The second-order valence-corrected chi connectivity index (χ2v) is 4.52. The lowest BCUT2D eigenvalue weighted by atomic mass is 9.90. The lowest BCUT2D eigenvalue weighted by molar-refractivity contribution is -0.0354. The third-order valence-electron chi connectivity index (χ3n) is 3.36. The van der Waals surface area contributed by atoms with Crippen molar-refractivity contribution in [3.8, 4) is 0 Å². The van der Waals surface area contributed by atoms with Crippen LogP contribution >= 0.6 is 0 Å². The van der Waals surface area contributed by atoms with Crippen molar-refractivity contribution >= 4 is 5.78 Å². The molecule has 0 saturated carbocycles. The van der Waals surface area contributed by atoms with Gasteiger partial charge in [-0.1, -0.05) is 48.6 Å². The van der Waals surface area contributed by atoms with Gasteiger partial charge in [-0.05, 0) is 18.2 Å². The van der Waals surface area contributed by atoms with Crippen molar-refractivity contribution in [2.75, 3.05) is 14.2 Å². The number of carbonyl (C=O) groups excluding carboxylic acids is 1. The topological polar surface area (TPSA) is 35.5 Å². The molecule has 0 heterocycles. The van der Waals surface area contributed by atoms with Crippen molar-refractivity contribution in [2.24, 2.45) is 0 Å². The Bertz CT molecular complexity index is 543. The summed E-state index contributed by atoms with van der Waals surface area (Å²) >= 11 is 0. The van der Waals surface area contributed by atoms with Gasteiger partial charge in [0.25, 0.3) is 0 Å². The molecule has 0 amide bonds. The van der Waals surface area contributed by atoms with Crippen molar-refractivity contribution in [3.05, 3.63) is 72.4 Å². The predicted molar refractivity (Wildman–Crippen MR) is 78.7 cm³/mol. The summed E-state index contributed by atoms with van der Waals surface area (Å²) in [5.74, 6) is -0.0557. The summed E-state index contributed by atoms with van der Waals surface area (Å²) in [6, 6.07) is 9.14. The maximum atomic E-state index is 12.1. The molecule has 1 aromatic rings. The van der Waals surface area contributed by atoms with Gasteiger partial charge in [0.05, 0.1) is 0 Å². The van der Waals surface area contributed by atoms with E-state index in [1.807, 2.05) is 42.5 Å². The SMILES string of the molecule is COC1C=CC=CC1(C=CC(=O)c1ccccc1)OC. The van der Waals surface area contributed by atoms with Crippen LogP contribution in [0.2, 0.25) is 0 Å². The summed E-state index contributed by atoms with van der Waals surface area (Å²) in [6.45, 7) is 0. The lowest BCUT2D eigenvalue weighted by Gasteiger charge is -2.33. The minimum Gasteiger partial charge on any atom is -0.374 e. The number of carbonyl (C=O) groups is 1. The molecule has 2 rings (SSSR count). The van der Waals surface area contributed by atoms with Gasteiger partial charge >= 0.3 is 0 Å². The van der Waals surface area contributed by atoms with E-state index in [0.717, 1.165) is 0 Å². The largest absolute Gasteiger partial charge is 0.374 e. The number of rotatable bonds is 5. The predicted octanol–water partition coefficient (Wildman–Crippen LogP) is 2.95. The Hall–Kier alpha value is -1.97. The number of methoxy groups -OCH3 is 2. The van der Waals surface area contributed by atoms with Crippen molar-refractivity contribution in [3.63, 3.8) is 0 Å². The maximum Gasteiger partial charge on any atom is 0.185 e. The number of ketones is 1. The van der Waals surface area contributed by atoms with Crippen LogP contribution in [0.3, 0.4) is 0 Å². The van der Waals surface area contributed by atoms with E-state index in [1.54, 1.807) is 32.4 Å². The second-order valence-electron chi connectivity index (χ2n) is 4.52. The third kappa shape index (κ3) is 2.95. The Kier molecular flexibility index (Phi) is 4.66. The normalized spacial score (nSPS) is 25.2. The van der Waals surface area contributed by atoms with Crippen molar-refractivity contribution in [1.82, 2.24) is 0 Å². The Morgan fingerprint density at radius 2 is 1.95 bits per heavy atom. The summed E-state index contributed by atoms with van der Waals surface area (Å²) in [5.41, 5.74) is -0.0900. The van der Waals surface area contributed by atoms with Crippen molar-refractivity contribution in [2.45, 2.75) is 11.7 Å². The Morgan fingerprint density at radius 1 is 1.20 bits per heavy atom. The molecular formula is C17H18O3. The number of ether oxygens (including phenoxy) is 2. The van der Waals surface area contributed by atoms with Gasteiger partial charge in [0.15, 0.2) is 5.78 Å². The zero-order chi connectivity index (χ0) is 14.4. The fraction of sp³-hybridized carbons (Fsp3) is 0.235. The summed E-state index contributed by atoms with van der Waals surface area (Å²) < 4.78 is 11.0. The highest BCUT2D eigenvalue weighted by atomic mass is 16.5. The summed E-state index contributed by atoms with van der Waals surface area (Å²) in [7, 11) is 3.22. The first-order valence-electron chi connectivity index (χ1n) is 6.44. The molecule has 2 unspecified atom stereocenters. The highest BCUT2D eigenvalue weighted by Crippen LogP contribution is 2.26. The quantitative estimate of drug-likeness (QED) is 0.609. The van der Waals surface area contributed by atoms with Crippen molar-refractivity contribution in [1.29, 1.82) is 0 Å². The van der Waals surface area contributed by atoms with E-state index in [4.69, 9.17) is 9.47 Å². The van der Waals surface area contributed by atoms with Gasteiger partial charge in [0.1, 0.15) is 11.7 Å². The van der Waals surface area contributed by atoms with Crippen LogP contribution in [0.1, 0.15) is 10.4 Å². The molecule has 20 heavy (non-hydrogen) atoms. The van der Waals surface area contributed by atoms with Gasteiger partial charge in [-0.2, -0.15) is 0 Å². The maximum absolute atomic E-state index is 12.1. The molecule has 3 nitrogen and oxygen atoms in total. The number of hydrogen-bond donors (Lipinski definition) is 0. The fourth-order valence-corrected chi connectivity index (χ4v) is 2.19. The van der Waals surface area contributed by atoms with Gasteiger partial charge in [-0.15, -0.1) is 0 Å². The first-order chi connectivity index (χ1) is 9.72. The minimum atomic E-state index is -0.742. The molecule has 3 heteroatoms. The number of hydrogen-bond acceptors (Lipinski definition) is 3. The summed E-state index contributed by atoms with van der Waals surface area (Å²) in [6.07, 6.45) is 10.6. The molecule has 1 aliphatic carbocycles. The zero-order valence-corrected chi connectivity index (χ0v) is 11.7. The van der Waals surface area contributed by atoms with Crippen LogP contribution in [0.5, 0.6) is 0 Å². The van der Waals surface area contributed by atoms with Gasteiger partial charge in [0, 0.05) is 19.8 Å². The lowest BCUT2D eigenvalue weighted by Crippen LogP contribution is -2.41. The first-order valence-corrected chi connectivity index (χ1v) is 6.44. The number of allylic oxidation sites excluding steroid dienone is 3. The summed E-state index contributed by atoms with van der Waals surface area (Å²) in [4.78, 5) is 12.1. The van der Waals surface area contributed by atoms with E-state index in [-0.39, 0.29) is 11.9 Å². The Balaban J connectivity index is 2.22. The molecular weight excluding hydrogens is 252 g/mol. The van der Waals surface area contributed by atoms with Crippen LogP contribution < -0.4 is 0 Å². The number of benzene rings is 1. The first kappa shape index (κ1) is 14.4. The molecule has 104 valence electrons. The molecule has 1 aromatic carbocycles. The molecule has 0 bridgehead atoms. The molecule has 0 aliphatic heterocycles. The molecule has 0 saturated heterocycles. The summed E-state index contributed by atoms with van der Waals surface area (Å²) in [5, 5.41) is 0. The van der Waals surface area contributed by atoms with E-state index in [9.17, 15) is 4.79 Å². The van der Waals surface area contributed by atoms with Crippen LogP contribution in [-0.4, -0.2) is 31.7 Å². The van der Waals surface area contributed by atoms with Gasteiger partial charge in [-0.3, -0.25) is 4.79 Å². The van der Waals surface area contributed by atoms with Gasteiger partial charge in [-0.25, -0.2) is 0 Å². The van der Waals surface area contributed by atoms with E-state index < -0.39 is 5.60 Å². The van der Waals surface area contributed by atoms with E-state index >= 15 is 0 Å². The van der Waals surface area contributed by atoms with E-state index in [1.165, 1.54) is 6.08 Å². The van der Waals surface area contributed by atoms with Gasteiger partial charge in [0.2, 0.25) is 0 Å². The molecule has 2 atom stereocenters. The highest BCUT2D eigenvalue weighted by Gasteiger charge is 2.34. The van der Waals surface area contributed by atoms with Crippen LogP contribution in [0.15, 0.2) is 66.8 Å². The molecule has 0 fully saturated rings. The zero-order valence-electron chi connectivity index (χ0n) is 11.7. The fourth-order valence-electron chi connectivity index (χ4n) is 2.19. The van der Waals surface area contributed by atoms with Crippen molar-refractivity contribution < 1.29 is 14.3 Å². The molecule has 0 radical (unpaired) electrons. The standard InChI is InChI=1S/C17H18O3/c1-19-16-10-6-7-12-17(16,20-2)13-11-15(18)14-8-4-3-5-9-14/h3-13,16H,1-2H3. The Labute approximate surface area is 119 Å². The minimum absolute atomic E-state index is 0.0557. The Morgan fingerprint density at radius 3 is 2.60 bits per heavy atom. The van der Waals surface area contributed by atoms with Crippen LogP contribution in [0.25, 0.3) is 0 Å². The molecule has 0 N–H and O–H groups in total. The third-order valence-corrected chi connectivity index (χ3v) is 3.36. The smallest absolute Gasteiger partial charge is 0.185 e.